The van der Waals surface area contributed by atoms with Crippen LogP contribution in [0.3, 0.4) is 0 Å². The zero-order chi connectivity index (χ0) is 17.4. The van der Waals surface area contributed by atoms with Crippen molar-refractivity contribution in [3.05, 3.63) is 65.7 Å². The standard InChI is InChI=1S/C21H20O4/c1-13-11-17(16-5-4-6-20-21(16)24-10-9-23-20)18-12-15(14(2)22-3)7-8-19(18)25-13/h4-8,11-13H,2,9-10H2,1,3H3. The van der Waals surface area contributed by atoms with Gasteiger partial charge in [0.05, 0.1) is 7.11 Å². The van der Waals surface area contributed by atoms with Crippen LogP contribution in [0.25, 0.3) is 11.3 Å². The molecule has 0 radical (unpaired) electrons. The third kappa shape index (κ3) is 2.74. The molecule has 2 aliphatic rings. The molecule has 4 nitrogen and oxygen atoms in total. The summed E-state index contributed by atoms with van der Waals surface area (Å²) in [5.41, 5.74) is 4.00. The quantitative estimate of drug-likeness (QED) is 0.784. The van der Waals surface area contributed by atoms with Gasteiger partial charge in [-0.2, -0.15) is 0 Å². The van der Waals surface area contributed by atoms with Crippen LogP contribution in [0.15, 0.2) is 49.1 Å². The van der Waals surface area contributed by atoms with Crippen molar-refractivity contribution in [1.82, 2.24) is 0 Å². The smallest absolute Gasteiger partial charge is 0.169 e. The van der Waals surface area contributed by atoms with E-state index in [9.17, 15) is 0 Å². The third-order valence-electron chi connectivity index (χ3n) is 4.41. The third-order valence-corrected chi connectivity index (χ3v) is 4.41. The largest absolute Gasteiger partial charge is 0.497 e. The molecule has 0 aromatic heterocycles. The summed E-state index contributed by atoms with van der Waals surface area (Å²) < 4.78 is 22.9. The molecule has 0 bridgehead atoms. The number of benzene rings is 2. The van der Waals surface area contributed by atoms with Crippen molar-refractivity contribution in [2.24, 2.45) is 0 Å². The summed E-state index contributed by atoms with van der Waals surface area (Å²) in [4.78, 5) is 0. The Hall–Kier alpha value is -2.88. The second-order valence-electron chi connectivity index (χ2n) is 6.07. The van der Waals surface area contributed by atoms with E-state index in [0.717, 1.165) is 39.5 Å². The number of rotatable bonds is 3. The monoisotopic (exact) mass is 336 g/mol. The lowest BCUT2D eigenvalue weighted by molar-refractivity contribution is 0.171. The molecular weight excluding hydrogens is 316 g/mol. The van der Waals surface area contributed by atoms with Crippen molar-refractivity contribution in [1.29, 1.82) is 0 Å². The van der Waals surface area contributed by atoms with Crippen LogP contribution in [0.2, 0.25) is 0 Å². The molecule has 25 heavy (non-hydrogen) atoms. The molecule has 1 atom stereocenters. The number of ether oxygens (including phenoxy) is 4. The van der Waals surface area contributed by atoms with Gasteiger partial charge in [-0.1, -0.05) is 18.7 Å². The molecule has 2 heterocycles. The molecule has 0 N–H and O–H groups in total. The second kappa shape index (κ2) is 6.20. The van der Waals surface area contributed by atoms with Gasteiger partial charge in [0.2, 0.25) is 0 Å². The Bertz CT molecular complexity index is 866. The average molecular weight is 336 g/mol. The summed E-state index contributed by atoms with van der Waals surface area (Å²) in [5, 5.41) is 0. The van der Waals surface area contributed by atoms with Crippen LogP contribution in [-0.2, 0) is 4.74 Å². The zero-order valence-electron chi connectivity index (χ0n) is 14.4. The Morgan fingerprint density at radius 2 is 1.92 bits per heavy atom. The summed E-state index contributed by atoms with van der Waals surface area (Å²) in [7, 11) is 1.62. The van der Waals surface area contributed by atoms with Gasteiger partial charge in [-0.3, -0.25) is 0 Å². The maximum absolute atomic E-state index is 5.98. The average Bonchev–Trinajstić information content (AvgIpc) is 2.66. The van der Waals surface area contributed by atoms with Crippen LogP contribution in [0.5, 0.6) is 17.2 Å². The molecule has 0 saturated heterocycles. The lowest BCUT2D eigenvalue weighted by atomic mass is 9.91. The van der Waals surface area contributed by atoms with E-state index in [0.29, 0.717) is 19.0 Å². The topological polar surface area (TPSA) is 36.9 Å². The van der Waals surface area contributed by atoms with Gasteiger partial charge in [0.15, 0.2) is 11.5 Å². The summed E-state index contributed by atoms with van der Waals surface area (Å²) in [6.07, 6.45) is 2.08. The van der Waals surface area contributed by atoms with Crippen LogP contribution in [0.1, 0.15) is 23.6 Å². The Morgan fingerprint density at radius 1 is 1.08 bits per heavy atom. The maximum Gasteiger partial charge on any atom is 0.169 e. The van der Waals surface area contributed by atoms with E-state index in [4.69, 9.17) is 18.9 Å². The Kier molecular flexibility index (Phi) is 3.88. The lowest BCUT2D eigenvalue weighted by Crippen LogP contribution is -2.18. The van der Waals surface area contributed by atoms with Gasteiger partial charge in [0.25, 0.3) is 0 Å². The number of para-hydroxylation sites is 1. The molecule has 0 aliphatic carbocycles. The van der Waals surface area contributed by atoms with Gasteiger partial charge in [0.1, 0.15) is 30.8 Å². The SMILES string of the molecule is C=C(OC)c1ccc2c(c1)C(c1cccc3c1OCCO3)=CC(C)O2. The summed E-state index contributed by atoms with van der Waals surface area (Å²) in [6.45, 7) is 7.10. The maximum atomic E-state index is 5.98. The highest BCUT2D eigenvalue weighted by Gasteiger charge is 2.25. The van der Waals surface area contributed by atoms with E-state index in [-0.39, 0.29) is 6.10 Å². The van der Waals surface area contributed by atoms with Crippen molar-refractivity contribution >= 4 is 11.3 Å². The first-order chi connectivity index (χ1) is 12.2. The summed E-state index contributed by atoms with van der Waals surface area (Å²) in [6, 6.07) is 11.9. The van der Waals surface area contributed by atoms with E-state index >= 15 is 0 Å². The number of hydrogen-bond donors (Lipinski definition) is 0. The van der Waals surface area contributed by atoms with Crippen LogP contribution in [0.4, 0.5) is 0 Å². The van der Waals surface area contributed by atoms with E-state index in [1.54, 1.807) is 7.11 Å². The van der Waals surface area contributed by atoms with Crippen molar-refractivity contribution in [3.8, 4) is 17.2 Å². The zero-order valence-corrected chi connectivity index (χ0v) is 14.4. The number of methoxy groups -OCH3 is 1. The highest BCUT2D eigenvalue weighted by atomic mass is 16.6. The molecule has 4 heteroatoms. The lowest BCUT2D eigenvalue weighted by Gasteiger charge is -2.27. The van der Waals surface area contributed by atoms with Crippen LogP contribution in [-0.4, -0.2) is 26.4 Å². The van der Waals surface area contributed by atoms with Gasteiger partial charge in [-0.25, -0.2) is 0 Å². The van der Waals surface area contributed by atoms with Gasteiger partial charge in [-0.15, -0.1) is 0 Å². The molecular formula is C21H20O4. The first-order valence-corrected chi connectivity index (χ1v) is 8.32. The van der Waals surface area contributed by atoms with Gasteiger partial charge in [-0.05, 0) is 42.8 Å². The molecule has 0 spiro atoms. The van der Waals surface area contributed by atoms with Crippen molar-refractivity contribution < 1.29 is 18.9 Å². The predicted molar refractivity (Wildman–Crippen MR) is 97.1 cm³/mol. The first-order valence-electron chi connectivity index (χ1n) is 8.32. The van der Waals surface area contributed by atoms with E-state index in [1.165, 1.54) is 0 Å². The fourth-order valence-corrected chi connectivity index (χ4v) is 3.21. The minimum absolute atomic E-state index is 0.0284. The molecule has 0 fully saturated rings. The fourth-order valence-electron chi connectivity index (χ4n) is 3.21. The van der Waals surface area contributed by atoms with Crippen LogP contribution >= 0.6 is 0 Å². The van der Waals surface area contributed by atoms with Crippen LogP contribution in [0, 0.1) is 0 Å². The molecule has 4 rings (SSSR count). The molecule has 0 saturated carbocycles. The Labute approximate surface area is 147 Å². The number of hydrogen-bond acceptors (Lipinski definition) is 4. The Morgan fingerprint density at radius 3 is 2.76 bits per heavy atom. The van der Waals surface area contributed by atoms with Crippen LogP contribution < -0.4 is 14.2 Å². The minimum Gasteiger partial charge on any atom is -0.497 e. The molecule has 0 amide bonds. The van der Waals surface area contributed by atoms with Crippen molar-refractivity contribution in [2.75, 3.05) is 20.3 Å². The van der Waals surface area contributed by atoms with E-state index in [2.05, 4.69) is 18.7 Å². The minimum atomic E-state index is -0.0284. The van der Waals surface area contributed by atoms with Crippen molar-refractivity contribution in [3.63, 3.8) is 0 Å². The molecule has 1 unspecified atom stereocenters. The second-order valence-corrected chi connectivity index (χ2v) is 6.07. The Balaban J connectivity index is 1.87. The normalized spacial score (nSPS) is 17.8. The molecule has 2 aromatic carbocycles. The summed E-state index contributed by atoms with van der Waals surface area (Å²) in [5.74, 6) is 3.03. The van der Waals surface area contributed by atoms with Gasteiger partial charge in [0, 0.05) is 16.7 Å². The van der Waals surface area contributed by atoms with Gasteiger partial charge >= 0.3 is 0 Å². The number of fused-ring (bicyclic) bond motifs is 2. The predicted octanol–water partition coefficient (Wildman–Crippen LogP) is 4.29. The fraction of sp³-hybridized carbons (Fsp3) is 0.238. The first kappa shape index (κ1) is 15.6. The molecule has 2 aliphatic heterocycles. The van der Waals surface area contributed by atoms with Crippen molar-refractivity contribution in [2.45, 2.75) is 13.0 Å². The van der Waals surface area contributed by atoms with E-state index in [1.807, 2.05) is 37.3 Å². The highest BCUT2D eigenvalue weighted by molar-refractivity contribution is 5.88. The van der Waals surface area contributed by atoms with E-state index < -0.39 is 0 Å². The molecule has 128 valence electrons. The molecule has 2 aromatic rings. The highest BCUT2D eigenvalue weighted by Crippen LogP contribution is 2.44. The summed E-state index contributed by atoms with van der Waals surface area (Å²) >= 11 is 0. The van der Waals surface area contributed by atoms with Gasteiger partial charge < -0.3 is 18.9 Å².